The number of rotatable bonds is 18. The van der Waals surface area contributed by atoms with E-state index in [4.69, 9.17) is 18.9 Å². The van der Waals surface area contributed by atoms with Crippen LogP contribution in [-0.4, -0.2) is 98.7 Å². The van der Waals surface area contributed by atoms with Crippen LogP contribution in [0.3, 0.4) is 0 Å². The molecule has 10 aromatic carbocycles. The van der Waals surface area contributed by atoms with E-state index in [2.05, 4.69) is 0 Å². The fourth-order valence-corrected chi connectivity index (χ4v) is 13.4. The highest BCUT2D eigenvalue weighted by Gasteiger charge is 2.43. The fourth-order valence-electron chi connectivity index (χ4n) is 11.5. The van der Waals surface area contributed by atoms with Gasteiger partial charge in [-0.25, -0.2) is 4.90 Å². The van der Waals surface area contributed by atoms with E-state index in [9.17, 15) is 57.0 Å². The molecule has 90 heavy (non-hydrogen) atoms. The molecular weight excluding hydrogens is 1250 g/mol. The molecule has 0 aromatic heterocycles. The summed E-state index contributed by atoms with van der Waals surface area (Å²) in [6.45, 7) is 6.74. The molecule has 0 radical (unpaired) electrons. The molecule has 0 unspecified atom stereocenters. The zero-order valence-corrected chi connectivity index (χ0v) is 50.6. The number of imide groups is 2. The van der Waals surface area contributed by atoms with Gasteiger partial charge in [0, 0.05) is 56.2 Å². The van der Waals surface area contributed by atoms with Crippen LogP contribution in [-0.2, 0) is 40.5 Å². The van der Waals surface area contributed by atoms with E-state index in [1.165, 1.54) is 72.8 Å². The van der Waals surface area contributed by atoms with Crippen molar-refractivity contribution in [2.24, 2.45) is 0 Å². The van der Waals surface area contributed by atoms with Crippen LogP contribution >= 0.6 is 0 Å². The fraction of sp³-hybridized carbons (Fsp3) is 0.143. The molecule has 0 saturated carbocycles. The molecule has 2 aliphatic heterocycles. The molecule has 0 bridgehead atoms. The van der Waals surface area contributed by atoms with Gasteiger partial charge < -0.3 is 24.1 Å². The number of aliphatic hydroxyl groups is 1. The Morgan fingerprint density at radius 2 is 0.644 bits per heavy atom. The summed E-state index contributed by atoms with van der Waals surface area (Å²) < 4.78 is 166. The van der Waals surface area contributed by atoms with Crippen molar-refractivity contribution in [3.05, 3.63) is 173 Å². The van der Waals surface area contributed by atoms with Gasteiger partial charge in [0.1, 0.15) is 46.0 Å². The van der Waals surface area contributed by atoms with Crippen LogP contribution in [0.25, 0.3) is 43.1 Å². The first-order chi connectivity index (χ1) is 42.4. The van der Waals surface area contributed by atoms with Crippen LogP contribution in [0.15, 0.2) is 159 Å². The van der Waals surface area contributed by atoms with Crippen molar-refractivity contribution in [2.75, 3.05) is 18.1 Å². The molecule has 0 atom stereocenters. The number of para-hydroxylation sites is 1. The SMILES string of the molecule is CC(C)c1cccc(C(C)C)c1N1C(=O)c2cc(Oc3ccc(S(=O)(=O)O)cc3)c3c4c(Oc5ccc(S(=O)(=O)O)cc5)cc5c6c(cc(Oc7ccc(S(=O)(=O)O)cc7)c(c7c(Oc8ccc(S(=O)(=O)O)cc8)cc(c2c37)C1=O)c64)C(=O)N(CCCO)C5=O. The summed E-state index contributed by atoms with van der Waals surface area (Å²) in [5.41, 5.74) is 0.696. The van der Waals surface area contributed by atoms with Crippen molar-refractivity contribution >= 4 is 113 Å². The molecule has 0 saturated heterocycles. The Hall–Kier alpha value is -9.42. The highest BCUT2D eigenvalue weighted by atomic mass is 32.2. The lowest BCUT2D eigenvalue weighted by atomic mass is 9.80. The zero-order chi connectivity index (χ0) is 64.4. The maximum Gasteiger partial charge on any atom is 0.294 e. The van der Waals surface area contributed by atoms with Gasteiger partial charge in [-0.2, -0.15) is 33.7 Å². The molecular formula is C63H48N2O21S4. The van der Waals surface area contributed by atoms with Crippen molar-refractivity contribution in [2.45, 2.75) is 65.5 Å². The maximum atomic E-state index is 16.1. The number of hydrogen-bond donors (Lipinski definition) is 5. The third kappa shape index (κ3) is 10.5. The number of amides is 4. The standard InChI is InChI=1S/C63H48N2O21S4/c1-31(2)41-7-5-8-42(32(3)4)59(41)65-62(69)45-29-49(85-35-13-21-39(22-14-35)89(77,78)79)55-53-47(83-33-9-17-37(18-10-33)87(71,72)73)27-43-51-44(61(68)64(60(43)67)25-6-26-66)28-48(84-34-11-19-38(20-12-34)88(74,75)76)54(57(51)53)56-50(30-46(63(65)70)52(45)58(55)56)86-36-15-23-40(24-16-36)90(80,81)82/h5,7-24,27-32,66H,6,25-26H2,1-4H3,(H,71,72,73)(H,74,75,76)(H,77,78,79)(H,80,81,82). The highest BCUT2D eigenvalue weighted by Crippen LogP contribution is 2.58. The second-order valence-corrected chi connectivity index (χ2v) is 27.4. The van der Waals surface area contributed by atoms with Crippen LogP contribution in [0.5, 0.6) is 46.0 Å². The first kappa shape index (κ1) is 60.8. The van der Waals surface area contributed by atoms with Gasteiger partial charge in [0.05, 0.1) is 47.5 Å². The number of hydrogen-bond acceptors (Lipinski definition) is 17. The van der Waals surface area contributed by atoms with Gasteiger partial charge >= 0.3 is 0 Å². The summed E-state index contributed by atoms with van der Waals surface area (Å²) in [5, 5.41) is 9.41. The van der Waals surface area contributed by atoms with Crippen LogP contribution in [0.4, 0.5) is 5.69 Å². The molecule has 2 aliphatic rings. The molecule has 12 rings (SSSR count). The van der Waals surface area contributed by atoms with E-state index in [1.807, 2.05) is 27.7 Å². The van der Waals surface area contributed by atoms with E-state index < -0.39 is 90.3 Å². The van der Waals surface area contributed by atoms with Gasteiger partial charge in [0.25, 0.3) is 64.1 Å². The Labute approximate surface area is 512 Å². The predicted molar refractivity (Wildman–Crippen MR) is 326 cm³/mol. The minimum absolute atomic E-state index is 0.0594. The van der Waals surface area contributed by atoms with Gasteiger partial charge in [-0.05, 0) is 151 Å². The van der Waals surface area contributed by atoms with Crippen molar-refractivity contribution in [1.82, 2.24) is 4.90 Å². The van der Waals surface area contributed by atoms with E-state index in [0.29, 0.717) is 11.1 Å². The predicted octanol–water partition coefficient (Wildman–Crippen LogP) is 11.9. The van der Waals surface area contributed by atoms with Gasteiger partial charge in [-0.15, -0.1) is 0 Å². The number of aliphatic hydroxyl groups excluding tert-OH is 1. The Kier molecular flexibility index (Phi) is 14.8. The monoisotopic (exact) mass is 1300 g/mol. The summed E-state index contributed by atoms with van der Waals surface area (Å²) in [4.78, 5) is 62.2. The van der Waals surface area contributed by atoms with E-state index in [0.717, 1.165) is 58.3 Å². The molecule has 27 heteroatoms. The van der Waals surface area contributed by atoms with Crippen molar-refractivity contribution in [1.29, 1.82) is 0 Å². The summed E-state index contributed by atoms with van der Waals surface area (Å²) >= 11 is 0. The third-order valence-electron chi connectivity index (χ3n) is 15.5. The molecule has 460 valence electrons. The molecule has 4 amide bonds. The number of anilines is 1. The third-order valence-corrected chi connectivity index (χ3v) is 19.0. The van der Waals surface area contributed by atoms with E-state index >= 15 is 19.2 Å². The average Bonchev–Trinajstić information content (AvgIpc) is 0.674. The molecule has 5 N–H and O–H groups in total. The van der Waals surface area contributed by atoms with Crippen LogP contribution in [0.2, 0.25) is 0 Å². The summed E-state index contributed by atoms with van der Waals surface area (Å²) in [6.07, 6.45) is -0.0896. The number of carbonyl (C=O) groups excluding carboxylic acids is 4. The largest absolute Gasteiger partial charge is 0.457 e. The van der Waals surface area contributed by atoms with Crippen molar-refractivity contribution < 1.29 is 95.1 Å². The average molecular weight is 1300 g/mol. The second kappa shape index (κ2) is 22.0. The van der Waals surface area contributed by atoms with E-state index in [1.54, 1.807) is 18.2 Å². The number of nitrogens with zero attached hydrogens (tertiary/aromatic N) is 2. The number of ether oxygens (including phenoxy) is 4. The van der Waals surface area contributed by atoms with Crippen molar-refractivity contribution in [3.63, 3.8) is 0 Å². The van der Waals surface area contributed by atoms with E-state index in [-0.39, 0.29) is 142 Å². The summed E-state index contributed by atoms with van der Waals surface area (Å²) in [6, 6.07) is 28.3. The van der Waals surface area contributed by atoms with Crippen LogP contribution in [0, 0.1) is 0 Å². The van der Waals surface area contributed by atoms with Crippen LogP contribution < -0.4 is 23.8 Å². The molecule has 10 aromatic rings. The molecule has 0 aliphatic carbocycles. The Morgan fingerprint density at radius 3 is 0.889 bits per heavy atom. The smallest absolute Gasteiger partial charge is 0.294 e. The number of carbonyl (C=O) groups is 4. The van der Waals surface area contributed by atoms with Gasteiger partial charge in [-0.3, -0.25) is 42.3 Å². The summed E-state index contributed by atoms with van der Waals surface area (Å²) in [5.74, 6) is -5.69. The first-order valence-corrected chi connectivity index (χ1v) is 33.1. The Balaban J connectivity index is 1.32. The Morgan fingerprint density at radius 1 is 0.378 bits per heavy atom. The van der Waals surface area contributed by atoms with Gasteiger partial charge in [0.15, 0.2) is 0 Å². The second-order valence-electron chi connectivity index (χ2n) is 21.8. The Bertz CT molecular complexity index is 4920. The quantitative estimate of drug-likeness (QED) is 0.0230. The minimum atomic E-state index is -4.79. The highest BCUT2D eigenvalue weighted by molar-refractivity contribution is 7.86. The number of benzene rings is 10. The lowest BCUT2D eigenvalue weighted by Gasteiger charge is -2.34. The summed E-state index contributed by atoms with van der Waals surface area (Å²) in [7, 11) is -19.1. The normalized spacial score (nSPS) is 13.9. The van der Waals surface area contributed by atoms with Crippen molar-refractivity contribution in [3.8, 4) is 46.0 Å². The lowest BCUT2D eigenvalue weighted by molar-refractivity contribution is 0.0600. The van der Waals surface area contributed by atoms with Crippen LogP contribution in [0.1, 0.15) is 98.5 Å². The maximum absolute atomic E-state index is 16.1. The zero-order valence-electron chi connectivity index (χ0n) is 47.4. The molecule has 2 heterocycles. The molecule has 23 nitrogen and oxygen atoms in total. The topological polar surface area (TPSA) is 349 Å². The molecule has 0 spiro atoms. The minimum Gasteiger partial charge on any atom is -0.457 e. The van der Waals surface area contributed by atoms with Gasteiger partial charge in [-0.1, -0.05) is 45.9 Å². The lowest BCUT2D eigenvalue weighted by Crippen LogP contribution is -2.42. The number of fused-ring (bicyclic) bond motifs is 2. The first-order valence-electron chi connectivity index (χ1n) is 27.3. The molecule has 0 fully saturated rings. The van der Waals surface area contributed by atoms with Gasteiger partial charge in [0.2, 0.25) is 0 Å².